The van der Waals surface area contributed by atoms with E-state index in [0.29, 0.717) is 27.5 Å². The van der Waals surface area contributed by atoms with Crippen molar-refractivity contribution in [3.63, 3.8) is 0 Å². The molecule has 172 valence electrons. The number of hydrogen-bond donors (Lipinski definition) is 3. The summed E-state index contributed by atoms with van der Waals surface area (Å²) < 4.78 is 27.2. The largest absolute Gasteiger partial charge is 0.485 e. The number of fused-ring (bicyclic) bond motifs is 1. The number of amides is 1. The van der Waals surface area contributed by atoms with Crippen LogP contribution in [0.2, 0.25) is 5.02 Å². The highest BCUT2D eigenvalue weighted by Gasteiger charge is 2.46. The first-order valence-electron chi connectivity index (χ1n) is 9.59. The Morgan fingerprint density at radius 3 is 2.53 bits per heavy atom. The van der Waals surface area contributed by atoms with Gasteiger partial charge in [-0.1, -0.05) is 17.7 Å². The number of phosphoric acid groups is 1. The van der Waals surface area contributed by atoms with E-state index in [2.05, 4.69) is 9.84 Å². The van der Waals surface area contributed by atoms with E-state index in [1.807, 2.05) is 0 Å². The van der Waals surface area contributed by atoms with Gasteiger partial charge < -0.3 is 24.6 Å². The van der Waals surface area contributed by atoms with Crippen LogP contribution in [0.5, 0.6) is 5.75 Å². The van der Waals surface area contributed by atoms with E-state index in [4.69, 9.17) is 30.9 Å². The third-order valence-corrected chi connectivity index (χ3v) is 5.63. The van der Waals surface area contributed by atoms with Crippen molar-refractivity contribution in [2.24, 2.45) is 0 Å². The topological polar surface area (TPSA) is 131 Å². The molecule has 0 aliphatic carbocycles. The van der Waals surface area contributed by atoms with Gasteiger partial charge in [0, 0.05) is 21.7 Å². The maximum absolute atomic E-state index is 13.0. The third-order valence-electron chi connectivity index (χ3n) is 4.95. The Kier molecular flexibility index (Phi) is 7.09. The van der Waals surface area contributed by atoms with Gasteiger partial charge in [-0.05, 0) is 57.2 Å². The van der Waals surface area contributed by atoms with Gasteiger partial charge in [0.05, 0.1) is 6.04 Å². The summed E-state index contributed by atoms with van der Waals surface area (Å²) in [7, 11) is -4.78. The predicted molar refractivity (Wildman–Crippen MR) is 116 cm³/mol. The van der Waals surface area contributed by atoms with Gasteiger partial charge in [-0.3, -0.25) is 14.1 Å². The number of benzene rings is 2. The lowest BCUT2D eigenvalue weighted by Crippen LogP contribution is -2.55. The van der Waals surface area contributed by atoms with Gasteiger partial charge in [0.25, 0.3) is 5.91 Å². The predicted octanol–water partition coefficient (Wildman–Crippen LogP) is 3.64. The van der Waals surface area contributed by atoms with Crippen molar-refractivity contribution in [2.75, 3.05) is 6.79 Å². The third kappa shape index (κ3) is 5.75. The van der Waals surface area contributed by atoms with Gasteiger partial charge in [-0.2, -0.15) is 0 Å². The van der Waals surface area contributed by atoms with Crippen LogP contribution in [0.3, 0.4) is 0 Å². The first kappa shape index (κ1) is 24.4. The minimum Gasteiger partial charge on any atom is -0.485 e. The van der Waals surface area contributed by atoms with Crippen molar-refractivity contribution >= 4 is 31.1 Å². The number of carbonyl (C=O) groups is 2. The van der Waals surface area contributed by atoms with Crippen molar-refractivity contribution in [3.05, 3.63) is 64.2 Å². The molecule has 1 aliphatic rings. The molecule has 1 amide bonds. The molecule has 0 saturated carbocycles. The SMILES string of the molecule is CC(=O)c1ccc2c(c1)[C@@H](NC(=O)c1cccc(Cl)c1)[C@@H](OCOP(=O)(O)O)C(C)(C)O2. The smallest absolute Gasteiger partial charge is 0.471 e. The Bertz CT molecular complexity index is 1080. The van der Waals surface area contributed by atoms with Crippen LogP contribution in [0, 0.1) is 0 Å². The number of carbonyl (C=O) groups excluding carboxylic acids is 2. The summed E-state index contributed by atoms with van der Waals surface area (Å²) in [6.07, 6.45) is -0.924. The lowest BCUT2D eigenvalue weighted by molar-refractivity contribution is -0.141. The highest BCUT2D eigenvalue weighted by Crippen LogP contribution is 2.43. The number of nitrogens with one attached hydrogen (secondary N) is 1. The van der Waals surface area contributed by atoms with Crippen LogP contribution in [-0.2, 0) is 13.8 Å². The van der Waals surface area contributed by atoms with E-state index in [-0.39, 0.29) is 5.78 Å². The van der Waals surface area contributed by atoms with E-state index in [1.165, 1.54) is 13.0 Å². The number of phosphoric ester groups is 1. The molecule has 3 N–H and O–H groups in total. The van der Waals surface area contributed by atoms with E-state index in [1.54, 1.807) is 50.2 Å². The molecule has 0 unspecified atom stereocenters. The molecule has 0 saturated heterocycles. The Hall–Kier alpha value is -2.26. The van der Waals surface area contributed by atoms with Crippen LogP contribution in [0.1, 0.15) is 53.1 Å². The Morgan fingerprint density at radius 2 is 1.91 bits per heavy atom. The molecule has 0 spiro atoms. The summed E-state index contributed by atoms with van der Waals surface area (Å²) in [4.78, 5) is 42.9. The van der Waals surface area contributed by atoms with Gasteiger partial charge in [0.1, 0.15) is 17.5 Å². The molecule has 0 radical (unpaired) electrons. The normalized spacial score (nSPS) is 19.6. The second kappa shape index (κ2) is 9.31. The Morgan fingerprint density at radius 1 is 1.19 bits per heavy atom. The summed E-state index contributed by atoms with van der Waals surface area (Å²) >= 11 is 6.00. The van der Waals surface area contributed by atoms with Crippen LogP contribution in [0.25, 0.3) is 0 Å². The molecular weight excluding hydrogens is 461 g/mol. The standard InChI is InChI=1S/C21H23ClNO8P/c1-12(24)13-7-8-17-16(10-13)18(23-20(25)14-5-4-6-15(22)9-14)19(21(2,3)31-17)29-11-30-32(26,27)28/h4-10,18-19H,11H2,1-3H3,(H,23,25)(H2,26,27,28)/t18-,19-/m1/s1. The van der Waals surface area contributed by atoms with E-state index in [9.17, 15) is 14.2 Å². The van der Waals surface area contributed by atoms with Crippen molar-refractivity contribution in [1.82, 2.24) is 5.32 Å². The van der Waals surface area contributed by atoms with Gasteiger partial charge in [-0.25, -0.2) is 4.57 Å². The molecule has 0 bridgehead atoms. The lowest BCUT2D eigenvalue weighted by atomic mass is 9.85. The Labute approximate surface area is 189 Å². The van der Waals surface area contributed by atoms with Gasteiger partial charge in [-0.15, -0.1) is 0 Å². The maximum atomic E-state index is 13.0. The molecular formula is C21H23ClNO8P. The van der Waals surface area contributed by atoms with Crippen molar-refractivity contribution < 1.29 is 37.9 Å². The van der Waals surface area contributed by atoms with Gasteiger partial charge in [0.15, 0.2) is 12.6 Å². The fourth-order valence-electron chi connectivity index (χ4n) is 3.49. The molecule has 2 aromatic carbocycles. The summed E-state index contributed by atoms with van der Waals surface area (Å²) in [5.41, 5.74) is 0.152. The van der Waals surface area contributed by atoms with Crippen molar-refractivity contribution in [2.45, 2.75) is 38.5 Å². The van der Waals surface area contributed by atoms with Crippen molar-refractivity contribution in [1.29, 1.82) is 0 Å². The number of Topliss-reactive ketones (excluding diaryl/α,β-unsaturated/α-hetero) is 1. The van der Waals surface area contributed by atoms with Crippen molar-refractivity contribution in [3.8, 4) is 5.75 Å². The van der Waals surface area contributed by atoms with Gasteiger partial charge in [0.2, 0.25) is 0 Å². The van der Waals surface area contributed by atoms with E-state index >= 15 is 0 Å². The number of ether oxygens (including phenoxy) is 2. The fraction of sp³-hybridized carbons (Fsp3) is 0.333. The molecule has 0 aromatic heterocycles. The zero-order valence-electron chi connectivity index (χ0n) is 17.6. The summed E-state index contributed by atoms with van der Waals surface area (Å²) in [6.45, 7) is 4.08. The first-order chi connectivity index (χ1) is 14.9. The van der Waals surface area contributed by atoms with E-state index < -0.39 is 38.3 Å². The number of rotatable bonds is 7. The summed E-state index contributed by atoms with van der Waals surface area (Å²) in [6, 6.07) is 10.4. The lowest BCUT2D eigenvalue weighted by Gasteiger charge is -2.44. The average molecular weight is 484 g/mol. The monoisotopic (exact) mass is 483 g/mol. The van der Waals surface area contributed by atoms with Crippen LogP contribution in [-0.4, -0.2) is 40.0 Å². The molecule has 1 aliphatic heterocycles. The van der Waals surface area contributed by atoms with Gasteiger partial charge >= 0.3 is 7.82 Å². The van der Waals surface area contributed by atoms with Crippen LogP contribution in [0.15, 0.2) is 42.5 Å². The molecule has 32 heavy (non-hydrogen) atoms. The van der Waals surface area contributed by atoms with Crippen LogP contribution >= 0.6 is 19.4 Å². The molecule has 1 heterocycles. The molecule has 11 heteroatoms. The van der Waals surface area contributed by atoms with E-state index in [0.717, 1.165) is 0 Å². The second-order valence-corrected chi connectivity index (χ2v) is 9.48. The quantitative estimate of drug-likeness (QED) is 0.309. The average Bonchev–Trinajstić information content (AvgIpc) is 2.68. The molecule has 0 fully saturated rings. The molecule has 2 aromatic rings. The fourth-order valence-corrected chi connectivity index (χ4v) is 3.87. The zero-order valence-corrected chi connectivity index (χ0v) is 19.2. The highest BCUT2D eigenvalue weighted by atomic mass is 35.5. The molecule has 3 rings (SSSR count). The first-order valence-corrected chi connectivity index (χ1v) is 11.5. The van der Waals surface area contributed by atoms with Crippen LogP contribution in [0.4, 0.5) is 0 Å². The number of ketones is 1. The Balaban J connectivity index is 2.01. The highest BCUT2D eigenvalue weighted by molar-refractivity contribution is 7.46. The molecule has 9 nitrogen and oxygen atoms in total. The second-order valence-electron chi connectivity index (χ2n) is 7.80. The maximum Gasteiger partial charge on any atom is 0.471 e. The minimum absolute atomic E-state index is 0.181. The molecule has 2 atom stereocenters. The summed E-state index contributed by atoms with van der Waals surface area (Å²) in [5.74, 6) is -0.203. The number of halogens is 1. The van der Waals surface area contributed by atoms with Crippen LogP contribution < -0.4 is 10.1 Å². The zero-order chi connectivity index (χ0) is 23.7. The minimum atomic E-state index is -4.78. The summed E-state index contributed by atoms with van der Waals surface area (Å²) in [5, 5.41) is 3.26. The number of hydrogen-bond acceptors (Lipinski definition) is 6.